The molecular weight excluding hydrogens is 240 g/mol. The van der Waals surface area contributed by atoms with Gasteiger partial charge in [0.05, 0.1) is 0 Å². The molecule has 0 heterocycles. The maximum atomic E-state index is 11.4. The van der Waals surface area contributed by atoms with Gasteiger partial charge in [-0.05, 0) is 38.0 Å². The molecule has 1 saturated carbocycles. The van der Waals surface area contributed by atoms with Crippen molar-refractivity contribution < 1.29 is 29.2 Å². The average molecular weight is 260 g/mol. The molecule has 0 spiro atoms. The van der Waals surface area contributed by atoms with Gasteiger partial charge in [-0.2, -0.15) is 9.68 Å². The van der Waals surface area contributed by atoms with E-state index in [4.69, 9.17) is 9.84 Å². The molecule has 1 aliphatic carbocycles. The van der Waals surface area contributed by atoms with Gasteiger partial charge in [-0.15, -0.1) is 0 Å². The Morgan fingerprint density at radius 2 is 2.00 bits per heavy atom. The van der Waals surface area contributed by atoms with E-state index in [1.807, 2.05) is 6.92 Å². The van der Waals surface area contributed by atoms with Crippen LogP contribution in [0.4, 0.5) is 9.59 Å². The van der Waals surface area contributed by atoms with E-state index in [9.17, 15) is 9.59 Å². The summed E-state index contributed by atoms with van der Waals surface area (Å²) in [6.45, 7) is 4.02. The molecule has 18 heavy (non-hydrogen) atoms. The highest BCUT2D eigenvalue weighted by Crippen LogP contribution is 2.41. The standard InChI is InChI=1S/C12H20O6/c1-3-9-7-5-6-8-12(9,4-2)16-11(15)18-17-10(13)14/h9H,3-8H2,1-2H3,(H,13,14). The van der Waals surface area contributed by atoms with Crippen molar-refractivity contribution in [3.63, 3.8) is 0 Å². The molecule has 6 nitrogen and oxygen atoms in total. The Labute approximate surface area is 106 Å². The lowest BCUT2D eigenvalue weighted by Crippen LogP contribution is -2.44. The van der Waals surface area contributed by atoms with Crippen molar-refractivity contribution in [1.82, 2.24) is 0 Å². The second-order valence-corrected chi connectivity index (χ2v) is 4.55. The highest BCUT2D eigenvalue weighted by Gasteiger charge is 2.42. The minimum absolute atomic E-state index is 0.286. The first kappa shape index (κ1) is 14.6. The number of hydrogen-bond acceptors (Lipinski definition) is 5. The van der Waals surface area contributed by atoms with Crippen LogP contribution in [0.3, 0.4) is 0 Å². The third kappa shape index (κ3) is 3.51. The fourth-order valence-electron chi connectivity index (χ4n) is 2.78. The summed E-state index contributed by atoms with van der Waals surface area (Å²) in [5, 5.41) is 8.23. The number of carboxylic acid groups (broad SMARTS) is 1. The highest BCUT2D eigenvalue weighted by molar-refractivity contribution is 5.62. The largest absolute Gasteiger partial charge is 0.550 e. The van der Waals surface area contributed by atoms with Gasteiger partial charge >= 0.3 is 12.3 Å². The van der Waals surface area contributed by atoms with Gasteiger partial charge in [-0.3, -0.25) is 0 Å². The van der Waals surface area contributed by atoms with Crippen LogP contribution in [0.2, 0.25) is 0 Å². The normalized spacial score (nSPS) is 27.3. The highest BCUT2D eigenvalue weighted by atomic mass is 17.3. The Bertz CT molecular complexity index is 303. The second-order valence-electron chi connectivity index (χ2n) is 4.55. The molecule has 0 amide bonds. The van der Waals surface area contributed by atoms with Crippen LogP contribution >= 0.6 is 0 Å². The Morgan fingerprint density at radius 3 is 2.56 bits per heavy atom. The summed E-state index contributed by atoms with van der Waals surface area (Å²) in [4.78, 5) is 29.3. The first-order valence-electron chi connectivity index (χ1n) is 6.34. The fraction of sp³-hybridized carbons (Fsp3) is 0.833. The molecule has 0 bridgehead atoms. The van der Waals surface area contributed by atoms with Crippen molar-refractivity contribution in [3.05, 3.63) is 0 Å². The first-order chi connectivity index (χ1) is 8.54. The van der Waals surface area contributed by atoms with Gasteiger partial charge < -0.3 is 9.84 Å². The van der Waals surface area contributed by atoms with Crippen LogP contribution in [0.15, 0.2) is 0 Å². The molecule has 2 atom stereocenters. The van der Waals surface area contributed by atoms with Crippen molar-refractivity contribution in [1.29, 1.82) is 0 Å². The maximum absolute atomic E-state index is 11.4. The van der Waals surface area contributed by atoms with Gasteiger partial charge in [0.1, 0.15) is 5.60 Å². The number of ether oxygens (including phenoxy) is 1. The lowest BCUT2D eigenvalue weighted by molar-refractivity contribution is -0.230. The van der Waals surface area contributed by atoms with E-state index in [-0.39, 0.29) is 5.92 Å². The summed E-state index contributed by atoms with van der Waals surface area (Å²) >= 11 is 0. The van der Waals surface area contributed by atoms with Gasteiger partial charge in [0.25, 0.3) is 0 Å². The maximum Gasteiger partial charge on any atom is 0.550 e. The Hall–Kier alpha value is -1.46. The monoisotopic (exact) mass is 260 g/mol. The predicted molar refractivity (Wildman–Crippen MR) is 61.9 cm³/mol. The van der Waals surface area contributed by atoms with Crippen molar-refractivity contribution in [3.8, 4) is 0 Å². The molecule has 0 aliphatic heterocycles. The van der Waals surface area contributed by atoms with E-state index in [0.717, 1.165) is 32.1 Å². The molecule has 0 radical (unpaired) electrons. The lowest BCUT2D eigenvalue weighted by atomic mass is 9.72. The summed E-state index contributed by atoms with van der Waals surface area (Å²) in [6.07, 6.45) is 2.77. The molecule has 1 fully saturated rings. The molecule has 104 valence electrons. The number of carbonyl (C=O) groups is 2. The molecule has 0 aromatic carbocycles. The zero-order valence-corrected chi connectivity index (χ0v) is 10.8. The van der Waals surface area contributed by atoms with Crippen LogP contribution in [0.1, 0.15) is 52.4 Å². The topological polar surface area (TPSA) is 82.1 Å². The van der Waals surface area contributed by atoms with Gasteiger partial charge in [-0.25, -0.2) is 9.68 Å². The van der Waals surface area contributed by atoms with Crippen LogP contribution in [0, 0.1) is 5.92 Å². The molecular formula is C12H20O6. The Morgan fingerprint density at radius 1 is 1.28 bits per heavy atom. The second kappa shape index (κ2) is 6.47. The van der Waals surface area contributed by atoms with Gasteiger partial charge in [0, 0.05) is 0 Å². The molecule has 1 N–H and O–H groups in total. The number of rotatable bonds is 3. The zero-order valence-electron chi connectivity index (χ0n) is 10.8. The van der Waals surface area contributed by atoms with E-state index >= 15 is 0 Å². The molecule has 1 aliphatic rings. The summed E-state index contributed by atoms with van der Waals surface area (Å²) in [5.41, 5.74) is -0.550. The first-order valence-corrected chi connectivity index (χ1v) is 6.34. The SMILES string of the molecule is CCC1CCCCC1(CC)OC(=O)OOC(=O)O. The number of hydrogen-bond donors (Lipinski definition) is 1. The quantitative estimate of drug-likeness (QED) is 0.475. The molecule has 0 aromatic rings. The van der Waals surface area contributed by atoms with Crippen LogP contribution in [0.25, 0.3) is 0 Å². The van der Waals surface area contributed by atoms with E-state index in [1.54, 1.807) is 0 Å². The van der Waals surface area contributed by atoms with Gasteiger partial charge in [0.2, 0.25) is 0 Å². The molecule has 6 heteroatoms. The summed E-state index contributed by atoms with van der Waals surface area (Å²) in [7, 11) is 0. The van der Waals surface area contributed by atoms with Gasteiger partial charge in [0.15, 0.2) is 0 Å². The Balaban J connectivity index is 2.62. The van der Waals surface area contributed by atoms with Crippen molar-refractivity contribution in [2.45, 2.75) is 58.0 Å². The molecule has 0 saturated heterocycles. The summed E-state index contributed by atoms with van der Waals surface area (Å²) in [5.74, 6) is 0.286. The van der Waals surface area contributed by atoms with Crippen LogP contribution < -0.4 is 0 Å². The zero-order chi connectivity index (χ0) is 13.6. The average Bonchev–Trinajstić information content (AvgIpc) is 2.36. The van der Waals surface area contributed by atoms with Crippen molar-refractivity contribution in [2.24, 2.45) is 5.92 Å². The van der Waals surface area contributed by atoms with E-state index < -0.39 is 17.9 Å². The van der Waals surface area contributed by atoms with Crippen LogP contribution in [0.5, 0.6) is 0 Å². The lowest BCUT2D eigenvalue weighted by Gasteiger charge is -2.41. The fourth-order valence-corrected chi connectivity index (χ4v) is 2.78. The van der Waals surface area contributed by atoms with Crippen LogP contribution in [-0.4, -0.2) is 23.0 Å². The minimum Gasteiger partial charge on any atom is -0.447 e. The van der Waals surface area contributed by atoms with Crippen molar-refractivity contribution in [2.75, 3.05) is 0 Å². The third-order valence-corrected chi connectivity index (χ3v) is 3.71. The van der Waals surface area contributed by atoms with Crippen LogP contribution in [-0.2, 0) is 14.5 Å². The molecule has 1 rings (SSSR count). The van der Waals surface area contributed by atoms with Gasteiger partial charge in [-0.1, -0.05) is 20.3 Å². The Kier molecular flexibility index (Phi) is 5.25. The predicted octanol–water partition coefficient (Wildman–Crippen LogP) is 3.50. The van der Waals surface area contributed by atoms with E-state index in [0.29, 0.717) is 6.42 Å². The summed E-state index contributed by atoms with van der Waals surface area (Å²) in [6, 6.07) is 0. The molecule has 0 aromatic heterocycles. The molecule has 2 unspecified atom stereocenters. The smallest absolute Gasteiger partial charge is 0.447 e. The third-order valence-electron chi connectivity index (χ3n) is 3.71. The summed E-state index contributed by atoms with van der Waals surface area (Å²) < 4.78 is 5.33. The minimum atomic E-state index is -1.67. The van der Waals surface area contributed by atoms with E-state index in [1.165, 1.54) is 0 Å². The van der Waals surface area contributed by atoms with E-state index in [2.05, 4.69) is 16.7 Å². The number of carbonyl (C=O) groups excluding carboxylic acids is 1. The van der Waals surface area contributed by atoms with Crippen molar-refractivity contribution >= 4 is 12.3 Å².